The first kappa shape index (κ1) is 28.9. The number of hydrogen-bond donors (Lipinski definition) is 3. The number of likely N-dealkylation sites (tertiary alicyclic amines) is 1. The SMILES string of the molecule is CC(C)(C)[C@H](N)C(=O)N1CC(N2CCN(c3cc(C#N)cc(Nc4nc(NC5CC5)c5ncc(C#N)n5n4)c3Cl)CC2)C1. The van der Waals surface area contributed by atoms with Gasteiger partial charge in [-0.25, -0.2) is 4.98 Å². The molecule has 4 heterocycles. The van der Waals surface area contributed by atoms with Crippen LogP contribution in [0, 0.1) is 28.1 Å². The van der Waals surface area contributed by atoms with Gasteiger partial charge in [0.2, 0.25) is 11.9 Å². The number of nitriles is 2. The Kier molecular flexibility index (Phi) is 7.50. The molecule has 1 atom stereocenters. The highest BCUT2D eigenvalue weighted by atomic mass is 35.5. The van der Waals surface area contributed by atoms with Crippen molar-refractivity contribution in [3.8, 4) is 12.1 Å². The Morgan fingerprint density at radius 3 is 2.49 bits per heavy atom. The van der Waals surface area contributed by atoms with Gasteiger partial charge in [-0.2, -0.15) is 20.0 Å². The maximum absolute atomic E-state index is 12.7. The van der Waals surface area contributed by atoms with E-state index in [0.717, 1.165) is 44.7 Å². The standard InChI is InChI=1S/C29H35ClN12O/c1-29(2,3)24(33)27(43)41-15-20(16-41)39-6-8-40(9-7-39)22-11-17(12-31)10-21(23(22)30)36-28-37-25(35-18-4-5-18)26-34-14-19(13-32)42(26)38-28/h10-11,14,18,20,24H,4-9,15-16,33H2,1-3H3,(H2,35,36,37,38)/t24-/m1/s1. The van der Waals surface area contributed by atoms with Crippen molar-refractivity contribution in [1.82, 2.24) is 29.4 Å². The molecule has 1 aromatic carbocycles. The molecule has 0 radical (unpaired) electrons. The van der Waals surface area contributed by atoms with Crippen LogP contribution in [0.5, 0.6) is 0 Å². The van der Waals surface area contributed by atoms with Crippen molar-refractivity contribution < 1.29 is 4.79 Å². The number of aromatic nitrogens is 4. The zero-order chi connectivity index (χ0) is 30.5. The van der Waals surface area contributed by atoms with Crippen molar-refractivity contribution in [3.63, 3.8) is 0 Å². The van der Waals surface area contributed by atoms with Crippen LogP contribution in [0.25, 0.3) is 5.65 Å². The first-order valence-electron chi connectivity index (χ1n) is 14.5. The van der Waals surface area contributed by atoms with Gasteiger partial charge in [-0.15, -0.1) is 5.10 Å². The highest BCUT2D eigenvalue weighted by molar-refractivity contribution is 6.36. The molecule has 1 aliphatic carbocycles. The van der Waals surface area contributed by atoms with Crippen LogP contribution in [0.2, 0.25) is 5.02 Å². The highest BCUT2D eigenvalue weighted by Gasteiger charge is 2.40. The second-order valence-electron chi connectivity index (χ2n) is 12.6. The first-order valence-corrected chi connectivity index (χ1v) is 14.9. The molecule has 14 heteroatoms. The van der Waals surface area contributed by atoms with Gasteiger partial charge in [-0.05, 0) is 30.4 Å². The second kappa shape index (κ2) is 11.2. The van der Waals surface area contributed by atoms with E-state index in [1.165, 1.54) is 10.7 Å². The maximum Gasteiger partial charge on any atom is 0.247 e. The minimum Gasteiger partial charge on any atom is -0.368 e. The number of piperazine rings is 1. The van der Waals surface area contributed by atoms with Gasteiger partial charge in [-0.1, -0.05) is 32.4 Å². The van der Waals surface area contributed by atoms with Crippen LogP contribution < -0.4 is 21.3 Å². The van der Waals surface area contributed by atoms with Gasteiger partial charge in [0, 0.05) is 51.4 Å². The number of nitrogens with one attached hydrogen (secondary N) is 2. The van der Waals surface area contributed by atoms with Crippen LogP contribution >= 0.6 is 11.6 Å². The third kappa shape index (κ3) is 5.76. The van der Waals surface area contributed by atoms with Crippen molar-refractivity contribution >= 4 is 46.3 Å². The summed E-state index contributed by atoms with van der Waals surface area (Å²) in [4.78, 5) is 28.1. The monoisotopic (exact) mass is 602 g/mol. The number of anilines is 4. The molecule has 43 heavy (non-hydrogen) atoms. The number of fused-ring (bicyclic) bond motifs is 1. The molecule has 3 fully saturated rings. The van der Waals surface area contributed by atoms with Crippen LogP contribution in [0.1, 0.15) is 44.9 Å². The van der Waals surface area contributed by atoms with Gasteiger partial charge in [-0.3, -0.25) is 9.69 Å². The summed E-state index contributed by atoms with van der Waals surface area (Å²) in [5.41, 5.74) is 8.37. The fraction of sp³-hybridized carbons (Fsp3) is 0.517. The summed E-state index contributed by atoms with van der Waals surface area (Å²) in [7, 11) is 0. The lowest BCUT2D eigenvalue weighted by atomic mass is 9.85. The van der Waals surface area contributed by atoms with E-state index in [9.17, 15) is 15.3 Å². The van der Waals surface area contributed by atoms with Gasteiger partial charge >= 0.3 is 0 Å². The average molecular weight is 603 g/mol. The van der Waals surface area contributed by atoms with E-state index in [1.54, 1.807) is 12.1 Å². The van der Waals surface area contributed by atoms with Crippen LogP contribution in [0.15, 0.2) is 18.3 Å². The molecule has 1 amide bonds. The maximum atomic E-state index is 12.7. The summed E-state index contributed by atoms with van der Waals surface area (Å²) in [5, 5.41) is 30.8. The summed E-state index contributed by atoms with van der Waals surface area (Å²) in [6, 6.07) is 7.93. The number of nitrogens with two attached hydrogens (primary N) is 1. The Morgan fingerprint density at radius 2 is 1.86 bits per heavy atom. The second-order valence-corrected chi connectivity index (χ2v) is 12.9. The molecule has 0 spiro atoms. The Bertz CT molecular complexity index is 1630. The van der Waals surface area contributed by atoms with Crippen LogP contribution in [-0.4, -0.2) is 92.7 Å². The number of benzene rings is 1. The lowest BCUT2D eigenvalue weighted by Crippen LogP contribution is -2.67. The lowest BCUT2D eigenvalue weighted by molar-refractivity contribution is -0.142. The molecule has 2 aliphatic heterocycles. The van der Waals surface area contributed by atoms with E-state index in [1.807, 2.05) is 25.7 Å². The van der Waals surface area contributed by atoms with Crippen molar-refractivity contribution in [1.29, 1.82) is 10.5 Å². The predicted octanol–water partition coefficient (Wildman–Crippen LogP) is 2.55. The summed E-state index contributed by atoms with van der Waals surface area (Å²) < 4.78 is 1.45. The van der Waals surface area contributed by atoms with Gasteiger partial charge in [0.25, 0.3) is 0 Å². The van der Waals surface area contributed by atoms with Gasteiger partial charge < -0.3 is 26.2 Å². The largest absolute Gasteiger partial charge is 0.368 e. The molecular weight excluding hydrogens is 568 g/mol. The number of carbonyl (C=O) groups is 1. The molecular formula is C29H35ClN12O. The van der Waals surface area contributed by atoms with E-state index in [2.05, 4.69) is 47.6 Å². The molecule has 13 nitrogen and oxygen atoms in total. The average Bonchev–Trinajstić information content (AvgIpc) is 3.68. The molecule has 6 rings (SSSR count). The number of imidazole rings is 1. The van der Waals surface area contributed by atoms with Gasteiger partial charge in [0.15, 0.2) is 17.2 Å². The van der Waals surface area contributed by atoms with E-state index in [4.69, 9.17) is 17.3 Å². The van der Waals surface area contributed by atoms with Gasteiger partial charge in [0.05, 0.1) is 40.3 Å². The van der Waals surface area contributed by atoms with Crippen molar-refractivity contribution in [3.05, 3.63) is 34.6 Å². The minimum absolute atomic E-state index is 0.0120. The molecule has 1 saturated carbocycles. The third-order valence-corrected chi connectivity index (χ3v) is 8.77. The zero-order valence-electron chi connectivity index (χ0n) is 24.5. The Hall–Kier alpha value is -4.17. The van der Waals surface area contributed by atoms with E-state index in [-0.39, 0.29) is 23.0 Å². The van der Waals surface area contributed by atoms with Crippen LogP contribution in [-0.2, 0) is 4.79 Å². The van der Waals surface area contributed by atoms with E-state index >= 15 is 0 Å². The number of amides is 1. The van der Waals surface area contributed by atoms with E-state index in [0.29, 0.717) is 52.9 Å². The minimum atomic E-state index is -0.510. The molecule has 224 valence electrons. The Balaban J connectivity index is 1.16. The number of carbonyl (C=O) groups excluding carboxylic acids is 1. The molecule has 2 saturated heterocycles. The highest BCUT2D eigenvalue weighted by Crippen LogP contribution is 2.37. The topological polar surface area (TPSA) is 168 Å². The summed E-state index contributed by atoms with van der Waals surface area (Å²) in [5.74, 6) is 0.771. The summed E-state index contributed by atoms with van der Waals surface area (Å²) in [6.07, 6.45) is 3.55. The zero-order valence-corrected chi connectivity index (χ0v) is 25.3. The quantitative estimate of drug-likeness (QED) is 0.363. The lowest BCUT2D eigenvalue weighted by Gasteiger charge is -2.49. The first-order chi connectivity index (χ1) is 20.5. The van der Waals surface area contributed by atoms with E-state index < -0.39 is 6.04 Å². The summed E-state index contributed by atoms with van der Waals surface area (Å²) in [6.45, 7) is 10.4. The van der Waals surface area contributed by atoms with Gasteiger partial charge in [0.1, 0.15) is 6.07 Å². The van der Waals surface area contributed by atoms with Crippen molar-refractivity contribution in [2.45, 2.75) is 51.7 Å². The van der Waals surface area contributed by atoms with Crippen LogP contribution in [0.3, 0.4) is 0 Å². The fourth-order valence-electron chi connectivity index (χ4n) is 5.40. The Labute approximate surface area is 255 Å². The molecule has 2 aromatic heterocycles. The smallest absolute Gasteiger partial charge is 0.247 e. The predicted molar refractivity (Wildman–Crippen MR) is 163 cm³/mol. The van der Waals surface area contributed by atoms with Crippen molar-refractivity contribution in [2.24, 2.45) is 11.1 Å². The van der Waals surface area contributed by atoms with Crippen molar-refractivity contribution in [2.75, 3.05) is 54.8 Å². The summed E-state index contributed by atoms with van der Waals surface area (Å²) >= 11 is 6.94. The molecule has 4 N–H and O–H groups in total. The number of nitrogens with zero attached hydrogens (tertiary/aromatic N) is 9. The number of rotatable bonds is 7. The molecule has 3 aliphatic rings. The van der Waals surface area contributed by atoms with Crippen LogP contribution in [0.4, 0.5) is 23.1 Å². The fourth-order valence-corrected chi connectivity index (χ4v) is 5.68. The number of hydrogen-bond acceptors (Lipinski definition) is 11. The Morgan fingerprint density at radius 1 is 1.14 bits per heavy atom. The normalized spacial score (nSPS) is 18.6. The molecule has 0 bridgehead atoms. The third-order valence-electron chi connectivity index (χ3n) is 8.37. The number of halogens is 1. The molecule has 3 aromatic rings. The molecule has 0 unspecified atom stereocenters.